The molecule has 2 rings (SSSR count). The van der Waals surface area contributed by atoms with E-state index in [1.54, 1.807) is 7.11 Å². The van der Waals surface area contributed by atoms with E-state index in [0.717, 1.165) is 31.2 Å². The number of aryl methyl sites for hydroxylation is 1. The molecule has 4 heteroatoms. The lowest BCUT2D eigenvalue weighted by atomic mass is 10.00. The van der Waals surface area contributed by atoms with Gasteiger partial charge in [-0.2, -0.15) is 5.10 Å². The molecule has 2 heterocycles. The highest BCUT2D eigenvalue weighted by molar-refractivity contribution is 5.14. The Kier molecular flexibility index (Phi) is 3.26. The van der Waals surface area contributed by atoms with E-state index in [0.29, 0.717) is 5.92 Å². The van der Waals surface area contributed by atoms with E-state index in [9.17, 15) is 0 Å². The van der Waals surface area contributed by atoms with Crippen LogP contribution in [0.25, 0.3) is 0 Å². The Morgan fingerprint density at radius 1 is 1.67 bits per heavy atom. The smallest absolute Gasteiger partial charge is 0.211 e. The number of hydrogen-bond donors (Lipinski definition) is 1. The first-order chi connectivity index (χ1) is 7.29. The number of nitrogens with one attached hydrogen (secondary N) is 1. The summed E-state index contributed by atoms with van der Waals surface area (Å²) in [7, 11) is 1.70. The van der Waals surface area contributed by atoms with Crippen molar-refractivity contribution < 1.29 is 4.74 Å². The minimum Gasteiger partial charge on any atom is -0.481 e. The lowest BCUT2D eigenvalue weighted by Gasteiger charge is -2.22. The first-order valence-corrected chi connectivity index (χ1v) is 5.59. The number of nitrogens with zero attached hydrogens (tertiary/aromatic N) is 2. The number of ether oxygens (including phenoxy) is 1. The highest BCUT2D eigenvalue weighted by atomic mass is 16.5. The molecule has 0 radical (unpaired) electrons. The van der Waals surface area contributed by atoms with Crippen molar-refractivity contribution in [1.82, 2.24) is 15.1 Å². The van der Waals surface area contributed by atoms with Crippen LogP contribution in [0.2, 0.25) is 0 Å². The van der Waals surface area contributed by atoms with Crippen LogP contribution in [0.3, 0.4) is 0 Å². The predicted molar refractivity (Wildman–Crippen MR) is 59.1 cm³/mol. The Labute approximate surface area is 90.6 Å². The summed E-state index contributed by atoms with van der Waals surface area (Å²) in [5.41, 5.74) is 1.02. The summed E-state index contributed by atoms with van der Waals surface area (Å²) in [6, 6.07) is 1.98. The molecule has 0 saturated carbocycles. The first-order valence-electron chi connectivity index (χ1n) is 5.59. The second-order valence-corrected chi connectivity index (χ2v) is 4.22. The summed E-state index contributed by atoms with van der Waals surface area (Å²) in [6.07, 6.45) is 2.56. The third-order valence-corrected chi connectivity index (χ3v) is 2.90. The molecule has 1 saturated heterocycles. The van der Waals surface area contributed by atoms with Crippen LogP contribution in [0.4, 0.5) is 0 Å². The van der Waals surface area contributed by atoms with Gasteiger partial charge < -0.3 is 10.1 Å². The van der Waals surface area contributed by atoms with Gasteiger partial charge in [0, 0.05) is 12.6 Å². The van der Waals surface area contributed by atoms with Crippen LogP contribution < -0.4 is 10.1 Å². The van der Waals surface area contributed by atoms with Gasteiger partial charge in [0.2, 0.25) is 5.88 Å². The summed E-state index contributed by atoms with van der Waals surface area (Å²) in [5, 5.41) is 7.86. The molecule has 0 aromatic carbocycles. The largest absolute Gasteiger partial charge is 0.481 e. The molecule has 1 aliphatic rings. The maximum atomic E-state index is 5.29. The van der Waals surface area contributed by atoms with E-state index in [4.69, 9.17) is 4.74 Å². The van der Waals surface area contributed by atoms with Gasteiger partial charge in [-0.05, 0) is 38.8 Å². The maximum absolute atomic E-state index is 5.29. The Morgan fingerprint density at radius 2 is 2.53 bits per heavy atom. The van der Waals surface area contributed by atoms with E-state index >= 15 is 0 Å². The van der Waals surface area contributed by atoms with Crippen molar-refractivity contribution >= 4 is 0 Å². The first kappa shape index (κ1) is 10.5. The third-order valence-electron chi connectivity index (χ3n) is 2.90. The van der Waals surface area contributed by atoms with Crippen molar-refractivity contribution in [3.05, 3.63) is 11.8 Å². The lowest BCUT2D eigenvalue weighted by molar-refractivity contribution is 0.292. The summed E-state index contributed by atoms with van der Waals surface area (Å²) in [4.78, 5) is 0. The molecule has 0 spiro atoms. The molecule has 4 nitrogen and oxygen atoms in total. The molecule has 15 heavy (non-hydrogen) atoms. The number of hydrogen-bond acceptors (Lipinski definition) is 3. The van der Waals surface area contributed by atoms with Gasteiger partial charge in [0.15, 0.2) is 0 Å². The van der Waals surface area contributed by atoms with Gasteiger partial charge in [-0.25, -0.2) is 4.68 Å². The highest BCUT2D eigenvalue weighted by Gasteiger charge is 2.16. The molecule has 0 amide bonds. The van der Waals surface area contributed by atoms with E-state index in [2.05, 4.69) is 10.4 Å². The standard InChI is InChI=1S/C11H19N3O/c1-9-6-11(15-2)14(13-9)8-10-4-3-5-12-7-10/h6,10,12H,3-5,7-8H2,1-2H3. The van der Waals surface area contributed by atoms with Crippen LogP contribution in [0.15, 0.2) is 6.07 Å². The van der Waals surface area contributed by atoms with Crippen molar-refractivity contribution in [3.63, 3.8) is 0 Å². The number of rotatable bonds is 3. The molecule has 0 aliphatic carbocycles. The summed E-state index contributed by atoms with van der Waals surface area (Å²) in [6.45, 7) is 5.22. The summed E-state index contributed by atoms with van der Waals surface area (Å²) < 4.78 is 7.27. The fraction of sp³-hybridized carbons (Fsp3) is 0.727. The topological polar surface area (TPSA) is 39.1 Å². The zero-order valence-electron chi connectivity index (χ0n) is 9.49. The average molecular weight is 209 g/mol. The molecular formula is C11H19N3O. The van der Waals surface area contributed by atoms with Gasteiger partial charge in [-0.3, -0.25) is 0 Å². The summed E-state index contributed by atoms with van der Waals surface area (Å²) >= 11 is 0. The molecule has 1 fully saturated rings. The molecule has 1 N–H and O–H groups in total. The van der Waals surface area contributed by atoms with E-state index in [1.165, 1.54) is 12.8 Å². The van der Waals surface area contributed by atoms with Crippen molar-refractivity contribution in [2.75, 3.05) is 20.2 Å². The quantitative estimate of drug-likeness (QED) is 0.813. The SMILES string of the molecule is COc1cc(C)nn1CC1CCCNC1. The third kappa shape index (κ3) is 2.50. The molecular weight excluding hydrogens is 190 g/mol. The molecule has 1 unspecified atom stereocenters. The van der Waals surface area contributed by atoms with Crippen LogP contribution in [-0.4, -0.2) is 30.0 Å². The number of piperidine rings is 1. The van der Waals surface area contributed by atoms with E-state index in [-0.39, 0.29) is 0 Å². The Morgan fingerprint density at radius 3 is 3.20 bits per heavy atom. The molecule has 84 valence electrons. The lowest BCUT2D eigenvalue weighted by Crippen LogP contribution is -2.32. The van der Waals surface area contributed by atoms with Gasteiger partial charge in [-0.1, -0.05) is 0 Å². The highest BCUT2D eigenvalue weighted by Crippen LogP contribution is 2.18. The minimum atomic E-state index is 0.687. The monoisotopic (exact) mass is 209 g/mol. The number of aromatic nitrogens is 2. The van der Waals surface area contributed by atoms with Crippen LogP contribution in [0.1, 0.15) is 18.5 Å². The van der Waals surface area contributed by atoms with E-state index < -0.39 is 0 Å². The predicted octanol–water partition coefficient (Wildman–Crippen LogP) is 1.20. The van der Waals surface area contributed by atoms with Crippen molar-refractivity contribution in [2.45, 2.75) is 26.3 Å². The van der Waals surface area contributed by atoms with Crippen LogP contribution in [-0.2, 0) is 6.54 Å². The molecule has 1 aliphatic heterocycles. The van der Waals surface area contributed by atoms with Gasteiger partial charge in [0.05, 0.1) is 12.8 Å². The normalized spacial score (nSPS) is 21.6. The zero-order chi connectivity index (χ0) is 10.7. The van der Waals surface area contributed by atoms with Gasteiger partial charge >= 0.3 is 0 Å². The van der Waals surface area contributed by atoms with Crippen LogP contribution >= 0.6 is 0 Å². The Balaban J connectivity index is 2.02. The molecule has 1 atom stereocenters. The van der Waals surface area contributed by atoms with Gasteiger partial charge in [0.25, 0.3) is 0 Å². The second kappa shape index (κ2) is 4.66. The fourth-order valence-corrected chi connectivity index (χ4v) is 2.14. The van der Waals surface area contributed by atoms with Crippen LogP contribution in [0.5, 0.6) is 5.88 Å². The van der Waals surface area contributed by atoms with Gasteiger partial charge in [-0.15, -0.1) is 0 Å². The van der Waals surface area contributed by atoms with Crippen molar-refractivity contribution in [2.24, 2.45) is 5.92 Å². The fourth-order valence-electron chi connectivity index (χ4n) is 2.14. The van der Waals surface area contributed by atoms with Crippen LogP contribution in [0, 0.1) is 12.8 Å². The zero-order valence-corrected chi connectivity index (χ0v) is 9.49. The average Bonchev–Trinajstić information content (AvgIpc) is 2.60. The maximum Gasteiger partial charge on any atom is 0.211 e. The Hall–Kier alpha value is -1.03. The molecule has 1 aromatic rings. The molecule has 0 bridgehead atoms. The van der Waals surface area contributed by atoms with Crippen molar-refractivity contribution in [3.8, 4) is 5.88 Å². The summed E-state index contributed by atoms with van der Waals surface area (Å²) in [5.74, 6) is 1.56. The molecule has 1 aromatic heterocycles. The van der Waals surface area contributed by atoms with Gasteiger partial charge in [0.1, 0.15) is 0 Å². The van der Waals surface area contributed by atoms with E-state index in [1.807, 2.05) is 17.7 Å². The Bertz CT molecular complexity index is 316. The minimum absolute atomic E-state index is 0.687. The number of methoxy groups -OCH3 is 1. The van der Waals surface area contributed by atoms with Crippen molar-refractivity contribution in [1.29, 1.82) is 0 Å². The second-order valence-electron chi connectivity index (χ2n) is 4.22.